The largest absolute Gasteiger partial charge is 0.297 e. The lowest BCUT2D eigenvalue weighted by Crippen LogP contribution is -2.41. The summed E-state index contributed by atoms with van der Waals surface area (Å²) in [4.78, 5) is 5.29. The Hall–Kier alpha value is -1.64. The number of hydrogen-bond acceptors (Lipinski definition) is 2. The molecule has 0 aromatic heterocycles. The predicted molar refractivity (Wildman–Crippen MR) is 95.4 cm³/mol. The van der Waals surface area contributed by atoms with E-state index < -0.39 is 0 Å². The van der Waals surface area contributed by atoms with Gasteiger partial charge in [0.05, 0.1) is 6.04 Å². The summed E-state index contributed by atoms with van der Waals surface area (Å²) in [5, 5.41) is 0. The van der Waals surface area contributed by atoms with Crippen LogP contribution >= 0.6 is 0 Å². The molecule has 0 amide bonds. The molecule has 0 spiro atoms. The number of nitrogens with zero attached hydrogens (tertiary/aromatic N) is 2. The van der Waals surface area contributed by atoms with Crippen LogP contribution in [0.2, 0.25) is 0 Å². The first kappa shape index (κ1) is 14.9. The average Bonchev–Trinajstić information content (AvgIpc) is 3.22. The van der Waals surface area contributed by atoms with Gasteiger partial charge in [-0.25, -0.2) is 0 Å². The maximum Gasteiger partial charge on any atom is 0.0509 e. The third-order valence-electron chi connectivity index (χ3n) is 5.54. The molecule has 2 unspecified atom stereocenters. The molecule has 1 aliphatic heterocycles. The summed E-state index contributed by atoms with van der Waals surface area (Å²) >= 11 is 0. The van der Waals surface area contributed by atoms with E-state index in [2.05, 4.69) is 71.4 Å². The Morgan fingerprint density at radius 2 is 1.65 bits per heavy atom. The predicted octanol–water partition coefficient (Wildman–Crippen LogP) is 3.88. The molecule has 1 aliphatic carbocycles. The summed E-state index contributed by atoms with van der Waals surface area (Å²) in [7, 11) is 2.30. The van der Waals surface area contributed by atoms with Crippen molar-refractivity contribution in [2.24, 2.45) is 0 Å². The van der Waals surface area contributed by atoms with Gasteiger partial charge < -0.3 is 0 Å². The second-order valence-electron chi connectivity index (χ2n) is 7.06. The Bertz CT molecular complexity index is 646. The minimum Gasteiger partial charge on any atom is -0.297 e. The molecule has 2 aromatic rings. The zero-order valence-electron chi connectivity index (χ0n) is 14.0. The first-order chi connectivity index (χ1) is 11.3. The lowest BCUT2D eigenvalue weighted by molar-refractivity contribution is 0.119. The van der Waals surface area contributed by atoms with Gasteiger partial charge >= 0.3 is 0 Å². The SMILES string of the molecule is CN(Cc1ccccc1)C1Cc2ccccc2C1N1CCCC1. The molecule has 2 aromatic carbocycles. The Morgan fingerprint density at radius 3 is 2.43 bits per heavy atom. The van der Waals surface area contributed by atoms with E-state index in [1.807, 2.05) is 0 Å². The van der Waals surface area contributed by atoms with Crippen molar-refractivity contribution >= 4 is 0 Å². The first-order valence-electron chi connectivity index (χ1n) is 8.89. The molecule has 0 radical (unpaired) electrons. The van der Waals surface area contributed by atoms with Gasteiger partial charge in [-0.15, -0.1) is 0 Å². The maximum absolute atomic E-state index is 2.72. The van der Waals surface area contributed by atoms with Crippen LogP contribution in [0.15, 0.2) is 54.6 Å². The van der Waals surface area contributed by atoms with Crippen LogP contribution in [0.3, 0.4) is 0 Å². The van der Waals surface area contributed by atoms with Gasteiger partial charge in [-0.05, 0) is 56.1 Å². The summed E-state index contributed by atoms with van der Waals surface area (Å²) in [5.41, 5.74) is 4.53. The number of fused-ring (bicyclic) bond motifs is 1. The van der Waals surface area contributed by atoms with Crippen LogP contribution in [0.4, 0.5) is 0 Å². The van der Waals surface area contributed by atoms with Crippen molar-refractivity contribution in [2.45, 2.75) is 37.9 Å². The normalized spacial score (nSPS) is 24.3. The second-order valence-corrected chi connectivity index (χ2v) is 7.06. The molecule has 2 atom stereocenters. The minimum atomic E-state index is 0.572. The number of hydrogen-bond donors (Lipinski definition) is 0. The Labute approximate surface area is 139 Å². The highest BCUT2D eigenvalue weighted by molar-refractivity contribution is 5.37. The summed E-state index contributed by atoms with van der Waals surface area (Å²) in [6, 6.07) is 21.1. The summed E-state index contributed by atoms with van der Waals surface area (Å²) in [6.07, 6.45) is 3.89. The van der Waals surface area contributed by atoms with Crippen molar-refractivity contribution in [2.75, 3.05) is 20.1 Å². The highest BCUT2D eigenvalue weighted by atomic mass is 15.2. The molecule has 1 saturated heterocycles. The highest BCUT2D eigenvalue weighted by Crippen LogP contribution is 2.40. The number of rotatable bonds is 4. The minimum absolute atomic E-state index is 0.572. The topological polar surface area (TPSA) is 6.48 Å². The van der Waals surface area contributed by atoms with Gasteiger partial charge in [-0.2, -0.15) is 0 Å². The van der Waals surface area contributed by atoms with E-state index in [0.29, 0.717) is 12.1 Å². The van der Waals surface area contributed by atoms with Crippen molar-refractivity contribution in [1.82, 2.24) is 9.80 Å². The van der Waals surface area contributed by atoms with Crippen LogP contribution in [0.5, 0.6) is 0 Å². The van der Waals surface area contributed by atoms with Crippen LogP contribution in [-0.4, -0.2) is 36.0 Å². The molecule has 0 N–H and O–H groups in total. The molecule has 120 valence electrons. The zero-order chi connectivity index (χ0) is 15.6. The molecule has 4 rings (SSSR count). The molecule has 2 nitrogen and oxygen atoms in total. The molecule has 0 saturated carbocycles. The Morgan fingerprint density at radius 1 is 0.957 bits per heavy atom. The monoisotopic (exact) mass is 306 g/mol. The average molecular weight is 306 g/mol. The van der Waals surface area contributed by atoms with Gasteiger partial charge in [0, 0.05) is 12.6 Å². The molecule has 1 heterocycles. The molecule has 2 aliphatic rings. The number of likely N-dealkylation sites (tertiary alicyclic amines) is 1. The summed E-state index contributed by atoms with van der Waals surface area (Å²) in [6.45, 7) is 3.55. The lowest BCUT2D eigenvalue weighted by Gasteiger charge is -2.35. The molecule has 1 fully saturated rings. The van der Waals surface area contributed by atoms with Crippen molar-refractivity contribution in [3.8, 4) is 0 Å². The van der Waals surface area contributed by atoms with E-state index in [-0.39, 0.29) is 0 Å². The number of benzene rings is 2. The van der Waals surface area contributed by atoms with Crippen LogP contribution in [-0.2, 0) is 13.0 Å². The van der Waals surface area contributed by atoms with Gasteiger partial charge in [0.25, 0.3) is 0 Å². The van der Waals surface area contributed by atoms with E-state index in [4.69, 9.17) is 0 Å². The summed E-state index contributed by atoms with van der Waals surface area (Å²) < 4.78 is 0. The van der Waals surface area contributed by atoms with Gasteiger partial charge in [-0.3, -0.25) is 9.80 Å². The van der Waals surface area contributed by atoms with Crippen LogP contribution in [0.1, 0.15) is 35.6 Å². The van der Waals surface area contributed by atoms with Crippen LogP contribution in [0, 0.1) is 0 Å². The zero-order valence-corrected chi connectivity index (χ0v) is 14.0. The molecular formula is C21H26N2. The number of likely N-dealkylation sites (N-methyl/N-ethyl adjacent to an activating group) is 1. The summed E-state index contributed by atoms with van der Waals surface area (Å²) in [5.74, 6) is 0. The quantitative estimate of drug-likeness (QED) is 0.846. The second kappa shape index (κ2) is 6.46. The van der Waals surface area contributed by atoms with E-state index in [9.17, 15) is 0 Å². The smallest absolute Gasteiger partial charge is 0.0509 e. The van der Waals surface area contributed by atoms with E-state index in [1.54, 1.807) is 11.1 Å². The van der Waals surface area contributed by atoms with Gasteiger partial charge in [0.2, 0.25) is 0 Å². The fourth-order valence-electron chi connectivity index (χ4n) is 4.40. The van der Waals surface area contributed by atoms with E-state index in [1.165, 1.54) is 37.9 Å². The van der Waals surface area contributed by atoms with Crippen molar-refractivity contribution < 1.29 is 0 Å². The fourth-order valence-corrected chi connectivity index (χ4v) is 4.40. The van der Waals surface area contributed by atoms with Gasteiger partial charge in [-0.1, -0.05) is 54.6 Å². The van der Waals surface area contributed by atoms with Crippen molar-refractivity contribution in [1.29, 1.82) is 0 Å². The standard InChI is InChI=1S/C21H26N2/c1-22(16-17-9-3-2-4-10-17)20-15-18-11-5-6-12-19(18)21(20)23-13-7-8-14-23/h2-6,9-12,20-21H,7-8,13-16H2,1H3. The van der Waals surface area contributed by atoms with E-state index in [0.717, 1.165) is 6.54 Å². The van der Waals surface area contributed by atoms with Gasteiger partial charge in [0.15, 0.2) is 0 Å². The lowest BCUT2D eigenvalue weighted by atomic mass is 10.0. The van der Waals surface area contributed by atoms with Crippen LogP contribution in [0.25, 0.3) is 0 Å². The third kappa shape index (κ3) is 2.93. The van der Waals surface area contributed by atoms with E-state index >= 15 is 0 Å². The van der Waals surface area contributed by atoms with Crippen LogP contribution < -0.4 is 0 Å². The third-order valence-corrected chi connectivity index (χ3v) is 5.54. The molecular weight excluding hydrogens is 280 g/mol. The Balaban J connectivity index is 1.59. The van der Waals surface area contributed by atoms with Gasteiger partial charge in [0.1, 0.15) is 0 Å². The van der Waals surface area contributed by atoms with Crippen molar-refractivity contribution in [3.05, 3.63) is 71.3 Å². The fraction of sp³-hybridized carbons (Fsp3) is 0.429. The molecule has 2 heteroatoms. The maximum atomic E-state index is 2.72. The highest BCUT2D eigenvalue weighted by Gasteiger charge is 2.39. The Kier molecular flexibility index (Phi) is 4.19. The van der Waals surface area contributed by atoms with Crippen molar-refractivity contribution in [3.63, 3.8) is 0 Å². The molecule has 23 heavy (non-hydrogen) atoms. The molecule has 0 bridgehead atoms. The first-order valence-corrected chi connectivity index (χ1v) is 8.89.